The lowest BCUT2D eigenvalue weighted by atomic mass is 9.99. The SMILES string of the molecule is CCCNC(Cc1cc(F)ccc1F)c1cccnc1. The first kappa shape index (κ1) is 14.6. The molecule has 0 bridgehead atoms. The number of nitrogens with zero attached hydrogens (tertiary/aromatic N) is 1. The highest BCUT2D eigenvalue weighted by molar-refractivity contribution is 5.23. The molecule has 1 N–H and O–H groups in total. The Kier molecular flexibility index (Phi) is 5.18. The number of hydrogen-bond donors (Lipinski definition) is 1. The second-order valence-corrected chi connectivity index (χ2v) is 4.73. The van der Waals surface area contributed by atoms with E-state index in [1.54, 1.807) is 12.4 Å². The van der Waals surface area contributed by atoms with Crippen molar-refractivity contribution in [3.63, 3.8) is 0 Å². The number of pyridine rings is 1. The Morgan fingerprint density at radius 3 is 2.80 bits per heavy atom. The Morgan fingerprint density at radius 2 is 2.10 bits per heavy atom. The lowest BCUT2D eigenvalue weighted by molar-refractivity contribution is 0.507. The molecular formula is C16H18F2N2. The third-order valence-electron chi connectivity index (χ3n) is 3.16. The molecule has 106 valence electrons. The topological polar surface area (TPSA) is 24.9 Å². The van der Waals surface area contributed by atoms with Crippen molar-refractivity contribution in [1.82, 2.24) is 10.3 Å². The van der Waals surface area contributed by atoms with E-state index in [0.717, 1.165) is 24.6 Å². The van der Waals surface area contributed by atoms with Crippen LogP contribution >= 0.6 is 0 Å². The summed E-state index contributed by atoms with van der Waals surface area (Å²) in [5.74, 6) is -0.791. The highest BCUT2D eigenvalue weighted by atomic mass is 19.1. The summed E-state index contributed by atoms with van der Waals surface area (Å²) in [7, 11) is 0. The van der Waals surface area contributed by atoms with Gasteiger partial charge in [0.2, 0.25) is 0 Å². The maximum absolute atomic E-state index is 13.8. The lowest BCUT2D eigenvalue weighted by Crippen LogP contribution is -2.24. The largest absolute Gasteiger partial charge is 0.310 e. The van der Waals surface area contributed by atoms with Crippen LogP contribution in [0.3, 0.4) is 0 Å². The van der Waals surface area contributed by atoms with Crippen LogP contribution in [-0.2, 0) is 6.42 Å². The van der Waals surface area contributed by atoms with Gasteiger partial charge in [-0.15, -0.1) is 0 Å². The second-order valence-electron chi connectivity index (χ2n) is 4.73. The van der Waals surface area contributed by atoms with Gasteiger partial charge in [0.05, 0.1) is 0 Å². The third-order valence-corrected chi connectivity index (χ3v) is 3.16. The molecule has 2 nitrogen and oxygen atoms in total. The molecule has 0 saturated carbocycles. The summed E-state index contributed by atoms with van der Waals surface area (Å²) in [5.41, 5.74) is 1.35. The van der Waals surface area contributed by atoms with E-state index >= 15 is 0 Å². The number of rotatable bonds is 6. The molecule has 0 spiro atoms. The van der Waals surface area contributed by atoms with Crippen molar-refractivity contribution in [2.24, 2.45) is 0 Å². The first-order valence-electron chi connectivity index (χ1n) is 6.78. The summed E-state index contributed by atoms with van der Waals surface area (Å²) in [6.45, 7) is 2.88. The molecule has 0 radical (unpaired) electrons. The highest BCUT2D eigenvalue weighted by Gasteiger charge is 2.14. The molecule has 20 heavy (non-hydrogen) atoms. The molecule has 1 heterocycles. The summed E-state index contributed by atoms with van der Waals surface area (Å²) >= 11 is 0. The maximum Gasteiger partial charge on any atom is 0.126 e. The summed E-state index contributed by atoms with van der Waals surface area (Å²) < 4.78 is 27.0. The van der Waals surface area contributed by atoms with E-state index < -0.39 is 5.82 Å². The van der Waals surface area contributed by atoms with Gasteiger partial charge in [0.1, 0.15) is 11.6 Å². The minimum Gasteiger partial charge on any atom is -0.310 e. The molecule has 0 fully saturated rings. The fraction of sp³-hybridized carbons (Fsp3) is 0.312. The van der Waals surface area contributed by atoms with E-state index in [-0.39, 0.29) is 11.9 Å². The van der Waals surface area contributed by atoms with Crippen LogP contribution in [0.5, 0.6) is 0 Å². The standard InChI is InChI=1S/C16H18F2N2/c1-2-7-20-16(12-4-3-8-19-11-12)10-13-9-14(17)5-6-15(13)18/h3-6,8-9,11,16,20H,2,7,10H2,1H3. The number of hydrogen-bond acceptors (Lipinski definition) is 2. The van der Waals surface area contributed by atoms with Crippen molar-refractivity contribution >= 4 is 0 Å². The Bertz CT molecular complexity index is 543. The zero-order valence-electron chi connectivity index (χ0n) is 11.4. The highest BCUT2D eigenvalue weighted by Crippen LogP contribution is 2.20. The van der Waals surface area contributed by atoms with Gasteiger partial charge in [-0.1, -0.05) is 13.0 Å². The van der Waals surface area contributed by atoms with Crippen molar-refractivity contribution in [3.05, 3.63) is 65.5 Å². The number of aromatic nitrogens is 1. The van der Waals surface area contributed by atoms with Crippen molar-refractivity contribution in [2.45, 2.75) is 25.8 Å². The van der Waals surface area contributed by atoms with Crippen LogP contribution < -0.4 is 5.32 Å². The van der Waals surface area contributed by atoms with E-state index in [0.29, 0.717) is 12.0 Å². The van der Waals surface area contributed by atoms with E-state index in [1.165, 1.54) is 12.1 Å². The molecule has 2 aromatic rings. The van der Waals surface area contributed by atoms with Crippen LogP contribution in [0.25, 0.3) is 0 Å². The Morgan fingerprint density at radius 1 is 1.25 bits per heavy atom. The molecule has 0 aliphatic carbocycles. The first-order valence-corrected chi connectivity index (χ1v) is 6.78. The minimum atomic E-state index is -0.415. The fourth-order valence-electron chi connectivity index (χ4n) is 2.13. The van der Waals surface area contributed by atoms with Gasteiger partial charge >= 0.3 is 0 Å². The predicted octanol–water partition coefficient (Wildman–Crippen LogP) is 3.64. The van der Waals surface area contributed by atoms with Crippen molar-refractivity contribution in [1.29, 1.82) is 0 Å². The maximum atomic E-state index is 13.8. The summed E-state index contributed by atoms with van der Waals surface area (Å²) in [5, 5.41) is 3.35. The molecule has 2 rings (SSSR count). The number of halogens is 2. The Hall–Kier alpha value is -1.81. The van der Waals surface area contributed by atoms with E-state index in [1.807, 2.05) is 12.1 Å². The van der Waals surface area contributed by atoms with Gasteiger partial charge in [0, 0.05) is 18.4 Å². The normalized spacial score (nSPS) is 12.3. The molecule has 1 atom stereocenters. The second kappa shape index (κ2) is 7.10. The number of benzene rings is 1. The van der Waals surface area contributed by atoms with Gasteiger partial charge in [0.15, 0.2) is 0 Å². The van der Waals surface area contributed by atoms with Gasteiger partial charge in [-0.05, 0) is 54.8 Å². The monoisotopic (exact) mass is 276 g/mol. The van der Waals surface area contributed by atoms with Crippen LogP contribution in [0.2, 0.25) is 0 Å². The molecule has 1 aromatic heterocycles. The average molecular weight is 276 g/mol. The lowest BCUT2D eigenvalue weighted by Gasteiger charge is -2.19. The molecular weight excluding hydrogens is 258 g/mol. The summed E-state index contributed by atoms with van der Waals surface area (Å²) in [6, 6.07) is 7.28. The molecule has 0 saturated heterocycles. The van der Waals surface area contributed by atoms with Crippen LogP contribution in [0, 0.1) is 11.6 Å². The van der Waals surface area contributed by atoms with Crippen LogP contribution in [-0.4, -0.2) is 11.5 Å². The first-order chi connectivity index (χ1) is 9.70. The van der Waals surface area contributed by atoms with Gasteiger partial charge in [-0.2, -0.15) is 0 Å². The predicted molar refractivity (Wildman–Crippen MR) is 75.3 cm³/mol. The van der Waals surface area contributed by atoms with Crippen LogP contribution in [0.4, 0.5) is 8.78 Å². The van der Waals surface area contributed by atoms with E-state index in [4.69, 9.17) is 0 Å². The molecule has 4 heteroatoms. The average Bonchev–Trinajstić information content (AvgIpc) is 2.48. The van der Waals surface area contributed by atoms with Gasteiger partial charge in [-0.3, -0.25) is 4.98 Å². The molecule has 1 aromatic carbocycles. The zero-order chi connectivity index (χ0) is 14.4. The molecule has 0 amide bonds. The summed E-state index contributed by atoms with van der Waals surface area (Å²) in [4.78, 5) is 4.09. The van der Waals surface area contributed by atoms with Crippen LogP contribution in [0.15, 0.2) is 42.7 Å². The fourth-order valence-corrected chi connectivity index (χ4v) is 2.13. The van der Waals surface area contributed by atoms with Crippen molar-refractivity contribution < 1.29 is 8.78 Å². The smallest absolute Gasteiger partial charge is 0.126 e. The zero-order valence-corrected chi connectivity index (χ0v) is 11.4. The molecule has 1 unspecified atom stereocenters. The van der Waals surface area contributed by atoms with E-state index in [9.17, 15) is 8.78 Å². The number of nitrogens with one attached hydrogen (secondary N) is 1. The van der Waals surface area contributed by atoms with E-state index in [2.05, 4.69) is 17.2 Å². The minimum absolute atomic E-state index is 0.0695. The van der Waals surface area contributed by atoms with Crippen molar-refractivity contribution in [2.75, 3.05) is 6.54 Å². The van der Waals surface area contributed by atoms with Gasteiger partial charge in [0.25, 0.3) is 0 Å². The van der Waals surface area contributed by atoms with Gasteiger partial charge < -0.3 is 5.32 Å². The molecule has 0 aliphatic heterocycles. The van der Waals surface area contributed by atoms with Crippen LogP contribution in [0.1, 0.15) is 30.5 Å². The quantitative estimate of drug-likeness (QED) is 0.871. The molecule has 0 aliphatic rings. The third kappa shape index (κ3) is 3.84. The Labute approximate surface area is 117 Å². The Balaban J connectivity index is 2.21. The summed E-state index contributed by atoms with van der Waals surface area (Å²) in [6.07, 6.45) is 4.82. The van der Waals surface area contributed by atoms with Crippen molar-refractivity contribution in [3.8, 4) is 0 Å². The van der Waals surface area contributed by atoms with Gasteiger partial charge in [-0.25, -0.2) is 8.78 Å².